The Morgan fingerprint density at radius 3 is 2.82 bits per heavy atom. The minimum absolute atomic E-state index is 0.160. The van der Waals surface area contributed by atoms with Gasteiger partial charge in [0.05, 0.1) is 6.33 Å². The lowest BCUT2D eigenvalue weighted by Crippen LogP contribution is -2.07. The number of aryl methyl sites for hydroxylation is 2. The summed E-state index contributed by atoms with van der Waals surface area (Å²) in [6.07, 6.45) is 1.42. The number of hydrogen-bond donors (Lipinski definition) is 1. The number of benzene rings is 1. The molecule has 0 saturated heterocycles. The van der Waals surface area contributed by atoms with Gasteiger partial charge in [-0.2, -0.15) is 0 Å². The average Bonchev–Trinajstić information content (AvgIpc) is 2.28. The molecular formula is C12H11BrN2OS. The average molecular weight is 311 g/mol. The van der Waals surface area contributed by atoms with Gasteiger partial charge in [-0.1, -0.05) is 29.5 Å². The lowest BCUT2D eigenvalue weighted by molar-refractivity contribution is 0.989. The molecule has 0 fully saturated rings. The van der Waals surface area contributed by atoms with Crippen LogP contribution in [0.4, 0.5) is 0 Å². The molecule has 0 bridgehead atoms. The quantitative estimate of drug-likeness (QED) is 0.866. The van der Waals surface area contributed by atoms with Gasteiger partial charge >= 0.3 is 0 Å². The maximum atomic E-state index is 11.4. The molecule has 0 aliphatic carbocycles. The number of aromatic nitrogens is 2. The lowest BCUT2D eigenvalue weighted by Gasteiger charge is -2.06. The van der Waals surface area contributed by atoms with Crippen molar-refractivity contribution in [2.45, 2.75) is 23.8 Å². The Kier molecular flexibility index (Phi) is 3.69. The van der Waals surface area contributed by atoms with Gasteiger partial charge in [0, 0.05) is 4.90 Å². The van der Waals surface area contributed by atoms with Gasteiger partial charge in [-0.3, -0.25) is 4.79 Å². The van der Waals surface area contributed by atoms with Crippen LogP contribution >= 0.6 is 27.7 Å². The van der Waals surface area contributed by atoms with Crippen molar-refractivity contribution in [2.75, 3.05) is 0 Å². The molecule has 0 aliphatic rings. The summed E-state index contributed by atoms with van der Waals surface area (Å²) < 4.78 is 0.477. The smallest absolute Gasteiger partial charge is 0.266 e. The number of H-pyrrole nitrogens is 1. The molecule has 1 N–H and O–H groups in total. The molecule has 2 rings (SSSR count). The number of nitrogens with zero attached hydrogens (tertiary/aromatic N) is 1. The first kappa shape index (κ1) is 12.4. The van der Waals surface area contributed by atoms with Crippen LogP contribution in [0.3, 0.4) is 0 Å². The van der Waals surface area contributed by atoms with Crippen LogP contribution in [0.25, 0.3) is 0 Å². The second-order valence-corrected chi connectivity index (χ2v) is 5.55. The van der Waals surface area contributed by atoms with Gasteiger partial charge < -0.3 is 4.98 Å². The maximum absolute atomic E-state index is 11.4. The Bertz CT molecular complexity index is 610. The van der Waals surface area contributed by atoms with E-state index in [2.05, 4.69) is 51.9 Å². The van der Waals surface area contributed by atoms with Crippen LogP contribution in [-0.4, -0.2) is 9.97 Å². The highest BCUT2D eigenvalue weighted by Gasteiger charge is 2.08. The molecule has 88 valence electrons. The molecule has 0 atom stereocenters. The topological polar surface area (TPSA) is 45.8 Å². The van der Waals surface area contributed by atoms with E-state index in [-0.39, 0.29) is 5.56 Å². The van der Waals surface area contributed by atoms with Crippen LogP contribution in [0.15, 0.2) is 43.7 Å². The maximum Gasteiger partial charge on any atom is 0.266 e. The van der Waals surface area contributed by atoms with Crippen molar-refractivity contribution in [2.24, 2.45) is 0 Å². The zero-order valence-corrected chi connectivity index (χ0v) is 11.9. The third-order valence-corrected chi connectivity index (χ3v) is 4.48. The lowest BCUT2D eigenvalue weighted by atomic mass is 10.2. The van der Waals surface area contributed by atoms with Gasteiger partial charge in [-0.05, 0) is 41.4 Å². The van der Waals surface area contributed by atoms with E-state index in [0.717, 1.165) is 4.90 Å². The van der Waals surface area contributed by atoms with Crippen LogP contribution in [0.1, 0.15) is 11.1 Å². The minimum Gasteiger partial charge on any atom is -0.312 e. The highest BCUT2D eigenvalue weighted by molar-refractivity contribution is 9.10. The van der Waals surface area contributed by atoms with Crippen LogP contribution in [0.5, 0.6) is 0 Å². The molecular weight excluding hydrogens is 300 g/mol. The van der Waals surface area contributed by atoms with Crippen LogP contribution in [0.2, 0.25) is 0 Å². The summed E-state index contributed by atoms with van der Waals surface area (Å²) >= 11 is 4.74. The molecule has 1 aromatic carbocycles. The molecule has 2 aromatic rings. The highest BCUT2D eigenvalue weighted by atomic mass is 79.9. The summed E-state index contributed by atoms with van der Waals surface area (Å²) in [6.45, 7) is 4.11. The minimum atomic E-state index is -0.160. The van der Waals surface area contributed by atoms with Crippen molar-refractivity contribution < 1.29 is 0 Å². The van der Waals surface area contributed by atoms with Crippen LogP contribution in [0, 0.1) is 13.8 Å². The summed E-state index contributed by atoms with van der Waals surface area (Å²) in [4.78, 5) is 19.2. The van der Waals surface area contributed by atoms with Gasteiger partial charge in [-0.15, -0.1) is 0 Å². The van der Waals surface area contributed by atoms with E-state index in [0.29, 0.717) is 9.50 Å². The van der Waals surface area contributed by atoms with E-state index < -0.39 is 0 Å². The molecule has 0 spiro atoms. The molecule has 3 nitrogen and oxygen atoms in total. The Labute approximate surface area is 112 Å². The first-order valence-electron chi connectivity index (χ1n) is 5.06. The predicted octanol–water partition coefficient (Wildman–Crippen LogP) is 3.30. The molecule has 17 heavy (non-hydrogen) atoms. The first-order valence-corrected chi connectivity index (χ1v) is 6.67. The van der Waals surface area contributed by atoms with Crippen molar-refractivity contribution in [1.82, 2.24) is 9.97 Å². The van der Waals surface area contributed by atoms with Crippen LogP contribution < -0.4 is 5.56 Å². The molecule has 0 radical (unpaired) electrons. The Morgan fingerprint density at radius 2 is 2.12 bits per heavy atom. The normalized spacial score (nSPS) is 10.5. The second kappa shape index (κ2) is 5.06. The van der Waals surface area contributed by atoms with Gasteiger partial charge in [0.15, 0.2) is 0 Å². The van der Waals surface area contributed by atoms with E-state index in [1.165, 1.54) is 29.2 Å². The number of rotatable bonds is 2. The van der Waals surface area contributed by atoms with Crippen molar-refractivity contribution in [3.63, 3.8) is 0 Å². The van der Waals surface area contributed by atoms with E-state index in [9.17, 15) is 4.79 Å². The first-order chi connectivity index (χ1) is 8.08. The van der Waals surface area contributed by atoms with Gasteiger partial charge in [0.1, 0.15) is 9.50 Å². The third kappa shape index (κ3) is 2.79. The Hall–Kier alpha value is -1.07. The fourth-order valence-electron chi connectivity index (χ4n) is 1.46. The Morgan fingerprint density at radius 1 is 1.35 bits per heavy atom. The van der Waals surface area contributed by atoms with Gasteiger partial charge in [-0.25, -0.2) is 4.98 Å². The summed E-state index contributed by atoms with van der Waals surface area (Å²) in [5.74, 6) is 0. The van der Waals surface area contributed by atoms with Crippen molar-refractivity contribution in [1.29, 1.82) is 0 Å². The fourth-order valence-corrected chi connectivity index (χ4v) is 2.77. The zero-order chi connectivity index (χ0) is 12.4. The summed E-state index contributed by atoms with van der Waals surface area (Å²) in [7, 11) is 0. The third-order valence-electron chi connectivity index (χ3n) is 2.30. The number of nitrogens with one attached hydrogen (secondary N) is 1. The fraction of sp³-hybridized carbons (Fsp3) is 0.167. The summed E-state index contributed by atoms with van der Waals surface area (Å²) in [5.41, 5.74) is 2.25. The molecule has 0 aliphatic heterocycles. The van der Waals surface area contributed by atoms with E-state index in [1.807, 2.05) is 6.07 Å². The summed E-state index contributed by atoms with van der Waals surface area (Å²) in [5, 5.41) is 0.681. The molecule has 0 saturated carbocycles. The predicted molar refractivity (Wildman–Crippen MR) is 72.6 cm³/mol. The Balaban J connectivity index is 2.38. The van der Waals surface area contributed by atoms with Crippen molar-refractivity contribution in [3.8, 4) is 0 Å². The molecule has 0 amide bonds. The van der Waals surface area contributed by atoms with Crippen molar-refractivity contribution >= 4 is 27.7 Å². The molecule has 1 aromatic heterocycles. The molecule has 1 heterocycles. The number of hydrogen-bond acceptors (Lipinski definition) is 3. The number of halogens is 1. The van der Waals surface area contributed by atoms with Crippen LogP contribution in [-0.2, 0) is 0 Å². The SMILES string of the molecule is Cc1ccc(Sc2nc[nH]c(=O)c2Br)c(C)c1. The van der Waals surface area contributed by atoms with E-state index in [4.69, 9.17) is 0 Å². The summed E-state index contributed by atoms with van der Waals surface area (Å²) in [6, 6.07) is 6.21. The monoisotopic (exact) mass is 310 g/mol. The van der Waals surface area contributed by atoms with Gasteiger partial charge in [0.2, 0.25) is 0 Å². The second-order valence-electron chi connectivity index (χ2n) is 3.72. The largest absolute Gasteiger partial charge is 0.312 e. The number of aromatic amines is 1. The molecule has 0 unspecified atom stereocenters. The highest BCUT2D eigenvalue weighted by Crippen LogP contribution is 2.31. The van der Waals surface area contributed by atoms with Gasteiger partial charge in [0.25, 0.3) is 5.56 Å². The van der Waals surface area contributed by atoms with E-state index >= 15 is 0 Å². The molecule has 5 heteroatoms. The standard InChI is InChI=1S/C12H11BrN2OS/c1-7-3-4-9(8(2)5-7)17-12-10(13)11(16)14-6-15-12/h3-6H,1-2H3,(H,14,15,16). The zero-order valence-electron chi connectivity index (χ0n) is 9.45. The van der Waals surface area contributed by atoms with E-state index in [1.54, 1.807) is 0 Å². The van der Waals surface area contributed by atoms with Crippen molar-refractivity contribution in [3.05, 3.63) is 50.5 Å².